The largest absolute Gasteiger partial charge is 0.423 e. The zero-order valence-electron chi connectivity index (χ0n) is 20.8. The molecule has 1 aromatic carbocycles. The smallest absolute Gasteiger partial charge is 0.258 e. The second-order valence-electron chi connectivity index (χ2n) is 9.25. The fraction of sp³-hybridized carbons (Fsp3) is 0.308. The number of aliphatic hydroxyl groups is 1. The lowest BCUT2D eigenvalue weighted by atomic mass is 10.0. The predicted molar refractivity (Wildman–Crippen MR) is 137 cm³/mol. The third kappa shape index (κ3) is 4.60. The van der Waals surface area contributed by atoms with E-state index in [0.717, 1.165) is 12.0 Å². The number of benzene rings is 1. The van der Waals surface area contributed by atoms with Gasteiger partial charge >= 0.3 is 0 Å². The first-order valence-corrected chi connectivity index (χ1v) is 12.1. The summed E-state index contributed by atoms with van der Waals surface area (Å²) in [5, 5.41) is 24.4. The SMILES string of the molecule is CCCN1C(=O)c2cnc(Nc3cc(N[C@H](CO)c4ccccc4)c(-c4nnco4)cn3)nc2C1(C)C. The highest BCUT2D eigenvalue weighted by molar-refractivity contribution is 5.99. The predicted octanol–water partition coefficient (Wildman–Crippen LogP) is 3.91. The highest BCUT2D eigenvalue weighted by atomic mass is 16.4. The normalized spacial score (nSPS) is 14.9. The van der Waals surface area contributed by atoms with E-state index < -0.39 is 5.54 Å². The van der Waals surface area contributed by atoms with Crippen LogP contribution in [0.5, 0.6) is 0 Å². The molecule has 4 aromatic rings. The monoisotopic (exact) mass is 500 g/mol. The molecule has 3 N–H and O–H groups in total. The fourth-order valence-electron chi connectivity index (χ4n) is 4.52. The maximum atomic E-state index is 12.9. The molecular weight excluding hydrogens is 472 g/mol. The van der Waals surface area contributed by atoms with Gasteiger partial charge < -0.3 is 25.1 Å². The molecule has 0 bridgehead atoms. The Hall–Kier alpha value is -4.38. The molecule has 0 unspecified atom stereocenters. The summed E-state index contributed by atoms with van der Waals surface area (Å²) < 4.78 is 5.41. The van der Waals surface area contributed by atoms with Gasteiger partial charge in [0.25, 0.3) is 11.8 Å². The third-order valence-corrected chi connectivity index (χ3v) is 6.41. The maximum absolute atomic E-state index is 12.9. The average Bonchev–Trinajstić information content (AvgIpc) is 3.50. The molecule has 190 valence electrons. The van der Waals surface area contributed by atoms with Crippen molar-refractivity contribution in [3.8, 4) is 11.5 Å². The molecule has 11 heteroatoms. The molecular formula is C26H28N8O3. The number of aromatic nitrogens is 5. The first kappa shape index (κ1) is 24.3. The number of pyridine rings is 1. The first-order valence-electron chi connectivity index (χ1n) is 12.1. The quantitative estimate of drug-likeness (QED) is 0.309. The Labute approximate surface area is 214 Å². The van der Waals surface area contributed by atoms with Gasteiger partial charge in [-0.05, 0) is 25.8 Å². The van der Waals surface area contributed by atoms with E-state index in [1.54, 1.807) is 18.5 Å². The molecule has 11 nitrogen and oxygen atoms in total. The van der Waals surface area contributed by atoms with Crippen molar-refractivity contribution < 1.29 is 14.3 Å². The summed E-state index contributed by atoms with van der Waals surface area (Å²) in [6.45, 7) is 6.53. The van der Waals surface area contributed by atoms with Crippen LogP contribution in [0.3, 0.4) is 0 Å². The van der Waals surface area contributed by atoms with Crippen molar-refractivity contribution in [2.75, 3.05) is 23.8 Å². The van der Waals surface area contributed by atoms with E-state index >= 15 is 0 Å². The number of hydrogen-bond donors (Lipinski definition) is 3. The van der Waals surface area contributed by atoms with Crippen molar-refractivity contribution in [3.63, 3.8) is 0 Å². The van der Waals surface area contributed by atoms with Crippen LogP contribution in [0.2, 0.25) is 0 Å². The summed E-state index contributed by atoms with van der Waals surface area (Å²) in [5.41, 5.74) is 2.75. The van der Waals surface area contributed by atoms with Crippen LogP contribution in [0.4, 0.5) is 17.5 Å². The molecule has 0 spiro atoms. The van der Waals surface area contributed by atoms with Gasteiger partial charge in [0.1, 0.15) is 5.82 Å². The van der Waals surface area contributed by atoms with Crippen LogP contribution < -0.4 is 10.6 Å². The van der Waals surface area contributed by atoms with E-state index in [-0.39, 0.29) is 24.4 Å². The van der Waals surface area contributed by atoms with Gasteiger partial charge in [-0.2, -0.15) is 0 Å². The van der Waals surface area contributed by atoms with Crippen LogP contribution in [-0.2, 0) is 5.54 Å². The molecule has 0 fully saturated rings. The van der Waals surface area contributed by atoms with Crippen molar-refractivity contribution >= 4 is 23.4 Å². The summed E-state index contributed by atoms with van der Waals surface area (Å²) in [6.07, 6.45) is 5.26. The third-order valence-electron chi connectivity index (χ3n) is 6.41. The molecule has 0 saturated heterocycles. The zero-order chi connectivity index (χ0) is 26.0. The summed E-state index contributed by atoms with van der Waals surface area (Å²) in [7, 11) is 0. The number of fused-ring (bicyclic) bond motifs is 1. The number of anilines is 3. The van der Waals surface area contributed by atoms with Gasteiger partial charge in [0.15, 0.2) is 0 Å². The van der Waals surface area contributed by atoms with Crippen molar-refractivity contribution in [1.82, 2.24) is 30.0 Å². The Morgan fingerprint density at radius 2 is 1.92 bits per heavy atom. The Balaban J connectivity index is 1.47. The molecule has 1 aliphatic heterocycles. The van der Waals surface area contributed by atoms with E-state index in [2.05, 4.69) is 35.8 Å². The molecule has 4 heterocycles. The molecule has 1 atom stereocenters. The topological polar surface area (TPSA) is 142 Å². The number of nitrogens with zero attached hydrogens (tertiary/aromatic N) is 6. The van der Waals surface area contributed by atoms with Crippen LogP contribution >= 0.6 is 0 Å². The number of hydrogen-bond acceptors (Lipinski definition) is 10. The molecule has 0 aliphatic carbocycles. The lowest BCUT2D eigenvalue weighted by Crippen LogP contribution is -2.39. The lowest BCUT2D eigenvalue weighted by Gasteiger charge is -2.31. The summed E-state index contributed by atoms with van der Waals surface area (Å²) in [5.74, 6) is 1.01. The summed E-state index contributed by atoms with van der Waals surface area (Å²) >= 11 is 0. The molecule has 1 amide bonds. The number of carbonyl (C=O) groups excluding carboxylic acids is 1. The van der Waals surface area contributed by atoms with E-state index in [4.69, 9.17) is 4.42 Å². The minimum absolute atomic E-state index is 0.0575. The molecule has 37 heavy (non-hydrogen) atoms. The van der Waals surface area contributed by atoms with Crippen LogP contribution in [0.15, 0.2) is 59.6 Å². The molecule has 1 aliphatic rings. The van der Waals surface area contributed by atoms with Crippen molar-refractivity contribution in [1.29, 1.82) is 0 Å². The number of aliphatic hydroxyl groups excluding tert-OH is 1. The Bertz CT molecular complexity index is 1390. The molecule has 0 radical (unpaired) electrons. The fourth-order valence-corrected chi connectivity index (χ4v) is 4.52. The first-order chi connectivity index (χ1) is 17.9. The van der Waals surface area contributed by atoms with E-state index in [1.807, 2.05) is 56.0 Å². The van der Waals surface area contributed by atoms with Gasteiger partial charge in [-0.1, -0.05) is 37.3 Å². The van der Waals surface area contributed by atoms with Gasteiger partial charge in [0, 0.05) is 25.0 Å². The second-order valence-corrected chi connectivity index (χ2v) is 9.25. The van der Waals surface area contributed by atoms with E-state index in [1.165, 1.54) is 6.39 Å². The van der Waals surface area contributed by atoms with Crippen molar-refractivity contribution in [2.24, 2.45) is 0 Å². The molecule has 0 saturated carbocycles. The van der Waals surface area contributed by atoms with Crippen LogP contribution in [-0.4, -0.2) is 54.2 Å². The van der Waals surface area contributed by atoms with E-state index in [9.17, 15) is 9.90 Å². The highest BCUT2D eigenvalue weighted by Gasteiger charge is 2.44. The Kier molecular flexibility index (Phi) is 6.53. The average molecular weight is 501 g/mol. The number of carbonyl (C=O) groups is 1. The second kappa shape index (κ2) is 9.94. The highest BCUT2D eigenvalue weighted by Crippen LogP contribution is 2.38. The van der Waals surface area contributed by atoms with Gasteiger partial charge in [-0.3, -0.25) is 4.79 Å². The van der Waals surface area contributed by atoms with E-state index in [0.29, 0.717) is 40.8 Å². The maximum Gasteiger partial charge on any atom is 0.258 e. The summed E-state index contributed by atoms with van der Waals surface area (Å²) in [6, 6.07) is 11.0. The van der Waals surface area contributed by atoms with Crippen molar-refractivity contribution in [3.05, 3.63) is 72.0 Å². The van der Waals surface area contributed by atoms with Crippen LogP contribution in [0.1, 0.15) is 54.8 Å². The Morgan fingerprint density at radius 1 is 1.14 bits per heavy atom. The summed E-state index contributed by atoms with van der Waals surface area (Å²) in [4.78, 5) is 28.3. The Morgan fingerprint density at radius 3 is 2.62 bits per heavy atom. The van der Waals surface area contributed by atoms with Gasteiger partial charge in [0.05, 0.1) is 40.7 Å². The minimum atomic E-state index is -0.548. The molecule has 3 aromatic heterocycles. The number of amides is 1. The van der Waals surface area contributed by atoms with Gasteiger partial charge in [0.2, 0.25) is 12.3 Å². The lowest BCUT2D eigenvalue weighted by molar-refractivity contribution is 0.0615. The van der Waals surface area contributed by atoms with Crippen molar-refractivity contribution in [2.45, 2.75) is 38.8 Å². The molecule has 5 rings (SSSR count). The zero-order valence-corrected chi connectivity index (χ0v) is 20.8. The van der Waals surface area contributed by atoms with Crippen LogP contribution in [0, 0.1) is 0 Å². The van der Waals surface area contributed by atoms with Gasteiger partial charge in [-0.15, -0.1) is 10.2 Å². The van der Waals surface area contributed by atoms with Gasteiger partial charge in [-0.25, -0.2) is 15.0 Å². The number of rotatable bonds is 9. The number of nitrogens with one attached hydrogen (secondary N) is 2. The minimum Gasteiger partial charge on any atom is -0.423 e. The van der Waals surface area contributed by atoms with Crippen LogP contribution in [0.25, 0.3) is 11.5 Å². The standard InChI is InChI=1S/C26H28N8O3/c1-4-10-34-24(36)18-13-28-25(32-22(18)26(34,2)3)31-21-11-19(17(12-27-21)23-33-29-15-37-23)30-20(14-35)16-8-6-5-7-9-16/h5-9,11-13,15,20,35H,4,10,14H2,1-3H3,(H2,27,28,30,31,32)/t20-/m1/s1.